The monoisotopic (exact) mass is 506 g/mol. The number of carboxylic acids is 1. The summed E-state index contributed by atoms with van der Waals surface area (Å²) in [4.78, 5) is 38.3. The second-order valence-corrected chi connectivity index (χ2v) is 11.7. The molecule has 1 aromatic heterocycles. The molecule has 4 bridgehead atoms. The lowest BCUT2D eigenvalue weighted by Gasteiger charge is -2.49. The molecule has 0 radical (unpaired) electrons. The van der Waals surface area contributed by atoms with Crippen LogP contribution in [-0.4, -0.2) is 57.0 Å². The van der Waals surface area contributed by atoms with Gasteiger partial charge in [-0.3, -0.25) is 14.5 Å². The van der Waals surface area contributed by atoms with Crippen molar-refractivity contribution in [2.45, 2.75) is 101 Å². The van der Waals surface area contributed by atoms with Crippen molar-refractivity contribution in [2.75, 3.05) is 7.11 Å². The van der Waals surface area contributed by atoms with Crippen LogP contribution in [0.5, 0.6) is 0 Å². The van der Waals surface area contributed by atoms with Crippen molar-refractivity contribution < 1.29 is 14.7 Å². The van der Waals surface area contributed by atoms with Gasteiger partial charge in [-0.15, -0.1) is 0 Å². The van der Waals surface area contributed by atoms with Crippen LogP contribution in [-0.2, 0) is 9.63 Å². The van der Waals surface area contributed by atoms with Gasteiger partial charge in [0.2, 0.25) is 0 Å². The molecule has 2 aliphatic heterocycles. The van der Waals surface area contributed by atoms with Crippen molar-refractivity contribution in [2.24, 2.45) is 17.0 Å². The van der Waals surface area contributed by atoms with Gasteiger partial charge in [-0.1, -0.05) is 36.6 Å². The molecule has 4 aliphatic rings. The fraction of sp³-hybridized carbons (Fsp3) is 0.655. The topological polar surface area (TPSA) is 97.0 Å². The second-order valence-electron chi connectivity index (χ2n) is 11.7. The molecule has 1 aromatic carbocycles. The third-order valence-electron chi connectivity index (χ3n) is 9.62. The highest BCUT2D eigenvalue weighted by Gasteiger charge is 2.47. The summed E-state index contributed by atoms with van der Waals surface area (Å²) in [5.41, 5.74) is 1.28. The van der Waals surface area contributed by atoms with E-state index >= 15 is 0 Å². The molecule has 3 heterocycles. The Morgan fingerprint density at radius 1 is 1.05 bits per heavy atom. The van der Waals surface area contributed by atoms with Crippen molar-refractivity contribution in [1.29, 1.82) is 0 Å². The number of carbonyl (C=O) groups is 1. The number of hydrogen-bond acceptors (Lipinski definition) is 6. The van der Waals surface area contributed by atoms with Crippen LogP contribution in [0.4, 0.5) is 0 Å². The zero-order valence-electron chi connectivity index (χ0n) is 21.7. The number of aromatic nitrogens is 2. The van der Waals surface area contributed by atoms with Crippen LogP contribution in [0.25, 0.3) is 11.0 Å². The van der Waals surface area contributed by atoms with Gasteiger partial charge in [-0.25, -0.2) is 4.98 Å². The summed E-state index contributed by atoms with van der Waals surface area (Å²) in [5.74, 6) is -0.343. The van der Waals surface area contributed by atoms with Gasteiger partial charge in [0.05, 0.1) is 11.0 Å². The molecule has 0 amide bonds. The number of hydrogen-bond donors (Lipinski definition) is 1. The van der Waals surface area contributed by atoms with Gasteiger partial charge < -0.3 is 14.5 Å². The highest BCUT2D eigenvalue weighted by atomic mass is 16.6. The maximum Gasteiger partial charge on any atom is 0.313 e. The Labute approximate surface area is 217 Å². The molecule has 8 heteroatoms. The molecule has 4 fully saturated rings. The summed E-state index contributed by atoms with van der Waals surface area (Å²) >= 11 is 0. The van der Waals surface area contributed by atoms with E-state index in [0.717, 1.165) is 30.2 Å². The maximum atomic E-state index is 14.0. The number of aliphatic carboxylic acids is 1. The number of carboxylic acid groups (broad SMARTS) is 1. The number of benzene rings is 1. The van der Waals surface area contributed by atoms with Gasteiger partial charge in [0, 0.05) is 36.8 Å². The summed E-state index contributed by atoms with van der Waals surface area (Å²) in [5, 5.41) is 13.7. The van der Waals surface area contributed by atoms with Gasteiger partial charge in [-0.2, -0.15) is 0 Å². The maximum absolute atomic E-state index is 14.0. The first kappa shape index (κ1) is 24.6. The van der Waals surface area contributed by atoms with E-state index < -0.39 is 11.9 Å². The SMILES string of the molecule is CON=CCC(C(=O)O)c1nc2ccccc2n(C2CC3CC[C@H](C2)N3C2CC3CCCC(C3)C2)c1=O. The summed E-state index contributed by atoms with van der Waals surface area (Å²) in [6.45, 7) is 0. The van der Waals surface area contributed by atoms with Crippen LogP contribution in [0.2, 0.25) is 0 Å². The largest absolute Gasteiger partial charge is 0.481 e. The van der Waals surface area contributed by atoms with Crippen LogP contribution < -0.4 is 5.56 Å². The van der Waals surface area contributed by atoms with Crippen molar-refractivity contribution in [3.63, 3.8) is 0 Å². The zero-order chi connectivity index (χ0) is 25.5. The minimum atomic E-state index is -1.08. The average Bonchev–Trinajstić information content (AvgIpc) is 3.15. The molecular formula is C29H38N4O4. The Balaban J connectivity index is 1.33. The van der Waals surface area contributed by atoms with E-state index in [9.17, 15) is 14.7 Å². The minimum Gasteiger partial charge on any atom is -0.481 e. The average molecular weight is 507 g/mol. The number of fused-ring (bicyclic) bond motifs is 5. The van der Waals surface area contributed by atoms with Gasteiger partial charge in [0.15, 0.2) is 0 Å². The van der Waals surface area contributed by atoms with E-state index in [-0.39, 0.29) is 23.7 Å². The van der Waals surface area contributed by atoms with E-state index in [4.69, 9.17) is 4.84 Å². The predicted octanol–water partition coefficient (Wildman–Crippen LogP) is 4.72. The summed E-state index contributed by atoms with van der Waals surface area (Å²) in [7, 11) is 1.41. The van der Waals surface area contributed by atoms with E-state index in [1.807, 2.05) is 28.8 Å². The number of oxime groups is 1. The molecule has 6 atom stereocenters. The van der Waals surface area contributed by atoms with Gasteiger partial charge in [0.25, 0.3) is 5.56 Å². The minimum absolute atomic E-state index is 0.0530. The molecule has 198 valence electrons. The molecular weight excluding hydrogens is 468 g/mol. The molecule has 2 aromatic rings. The Kier molecular flexibility index (Phi) is 6.78. The van der Waals surface area contributed by atoms with E-state index in [1.54, 1.807) is 0 Å². The fourth-order valence-electron chi connectivity index (χ4n) is 8.25. The van der Waals surface area contributed by atoms with Crippen molar-refractivity contribution >= 4 is 23.2 Å². The number of rotatable bonds is 7. The third kappa shape index (κ3) is 4.58. The Morgan fingerprint density at radius 3 is 2.43 bits per heavy atom. The van der Waals surface area contributed by atoms with Crippen LogP contribution in [0.1, 0.15) is 88.3 Å². The predicted molar refractivity (Wildman–Crippen MR) is 142 cm³/mol. The van der Waals surface area contributed by atoms with Crippen LogP contribution in [0.3, 0.4) is 0 Å². The quantitative estimate of drug-likeness (QED) is 0.431. The van der Waals surface area contributed by atoms with Crippen molar-refractivity contribution in [3.8, 4) is 0 Å². The first-order valence-electron chi connectivity index (χ1n) is 14.1. The van der Waals surface area contributed by atoms with E-state index in [2.05, 4.69) is 15.0 Å². The number of piperidine rings is 1. The third-order valence-corrected chi connectivity index (χ3v) is 9.62. The highest BCUT2D eigenvalue weighted by Crippen LogP contribution is 2.48. The number of nitrogens with zero attached hydrogens (tertiary/aromatic N) is 4. The zero-order valence-corrected chi connectivity index (χ0v) is 21.7. The van der Waals surface area contributed by atoms with Crippen LogP contribution in [0, 0.1) is 11.8 Å². The lowest BCUT2D eigenvalue weighted by Crippen LogP contribution is -2.52. The smallest absolute Gasteiger partial charge is 0.313 e. The number of para-hydroxylation sites is 2. The van der Waals surface area contributed by atoms with Gasteiger partial charge >= 0.3 is 5.97 Å². The first-order chi connectivity index (χ1) is 18.0. The van der Waals surface area contributed by atoms with Gasteiger partial charge in [-0.05, 0) is 68.9 Å². The second kappa shape index (κ2) is 10.2. The van der Waals surface area contributed by atoms with Crippen molar-refractivity contribution in [1.82, 2.24) is 14.5 Å². The standard InChI is InChI=1S/C29H38N4O4/c1-37-30-12-11-24(29(35)36)27-28(34)33(26-8-3-2-7-25(26)31-27)23-16-20-9-10-21(17-23)32(20)22-14-18-5-4-6-19(13-18)15-22/h2-3,7-8,12,18-24H,4-6,9-11,13-17H2,1H3,(H,35,36)/t18?,19?,20-,21?,22?,23?,24?/m1/s1. The Morgan fingerprint density at radius 2 is 1.76 bits per heavy atom. The summed E-state index contributed by atoms with van der Waals surface area (Å²) < 4.78 is 1.89. The molecule has 2 saturated carbocycles. The molecule has 37 heavy (non-hydrogen) atoms. The molecule has 1 N–H and O–H groups in total. The Bertz CT molecular complexity index is 1220. The highest BCUT2D eigenvalue weighted by molar-refractivity contribution is 5.81. The van der Waals surface area contributed by atoms with Crippen molar-refractivity contribution in [3.05, 3.63) is 40.3 Å². The lowest BCUT2D eigenvalue weighted by atomic mass is 9.69. The summed E-state index contributed by atoms with van der Waals surface area (Å²) in [6, 6.07) is 9.40. The molecule has 2 saturated heterocycles. The fourth-order valence-corrected chi connectivity index (χ4v) is 8.25. The van der Waals surface area contributed by atoms with Crippen LogP contribution >= 0.6 is 0 Å². The molecule has 0 spiro atoms. The van der Waals surface area contributed by atoms with E-state index in [0.29, 0.717) is 23.6 Å². The molecule has 8 nitrogen and oxygen atoms in total. The molecule has 5 unspecified atom stereocenters. The lowest BCUT2D eigenvalue weighted by molar-refractivity contribution is -0.138. The first-order valence-corrected chi connectivity index (χ1v) is 14.1. The molecule has 2 aliphatic carbocycles. The van der Waals surface area contributed by atoms with E-state index in [1.165, 1.54) is 64.7 Å². The van der Waals surface area contributed by atoms with Gasteiger partial charge in [0.1, 0.15) is 18.7 Å². The molecule has 6 rings (SSSR count). The Hall–Kier alpha value is -2.74. The summed E-state index contributed by atoms with van der Waals surface area (Å²) in [6.07, 6.45) is 14.1. The normalized spacial score (nSPS) is 32.6. The van der Waals surface area contributed by atoms with Crippen LogP contribution in [0.15, 0.2) is 34.2 Å².